The third kappa shape index (κ3) is 22.6. The van der Waals surface area contributed by atoms with E-state index in [1.807, 2.05) is 157 Å². The molecule has 15 heterocycles. The van der Waals surface area contributed by atoms with E-state index in [1.165, 1.54) is 37.7 Å². The second-order valence-corrected chi connectivity index (χ2v) is 34.8. The number of fused-ring (bicyclic) bond motifs is 7. The Balaban J connectivity index is 0.000000121. The van der Waals surface area contributed by atoms with E-state index in [1.54, 1.807) is 168 Å². The van der Waals surface area contributed by atoms with Crippen LogP contribution < -0.4 is 4.74 Å². The van der Waals surface area contributed by atoms with Crippen molar-refractivity contribution < 1.29 is 68.5 Å². The van der Waals surface area contributed by atoms with E-state index in [2.05, 4.69) is 100 Å². The summed E-state index contributed by atoms with van der Waals surface area (Å²) in [6.07, 6.45) is 31.6. The number of carboxylic acid groups (broad SMARTS) is 6. The first-order chi connectivity index (χ1) is 67.5. The van der Waals surface area contributed by atoms with Crippen LogP contribution in [-0.4, -0.2) is 140 Å². The van der Waals surface area contributed by atoms with E-state index in [0.29, 0.717) is 102 Å². The molecule has 21 aromatic rings. The van der Waals surface area contributed by atoms with Crippen molar-refractivity contribution in [1.82, 2.24) is 66.1 Å². The fourth-order valence-electron chi connectivity index (χ4n) is 16.9. The summed E-state index contributed by atoms with van der Waals surface area (Å²) in [5.41, 5.74) is 20.7. The topological polar surface area (TPSA) is 355 Å². The number of para-hydroxylation sites is 1. The van der Waals surface area contributed by atoms with Gasteiger partial charge < -0.3 is 35.4 Å². The van der Waals surface area contributed by atoms with E-state index in [-0.39, 0.29) is 28.6 Å². The standard InChI is InChI=1S/C20H16N2O2S.C19H16N4O2.C18H14N2O2S.C17H15ClN2O2.C17H15FN2O2.C17H16N2O3/c23-20(24)19-16(9-10-18-21-11-12-22(18)19)8-5-14-3-6-15(7-4-14)17-2-1-13-25-17;24-19(25)18-15(8-9-17-20-11-13-22(17)18)7-6-14-4-1-2-5-16(14)23-12-3-10-21-23;21-18(22)17-13(4-6-16-19-8-9-20(16)17)3-1-12-2-5-15-14(11-12)7-10-23-15;1-11-3-2-4-12(15(11)18)5-6-13-7-8-14-19-9-10-20(14)16(13)17(21)22;1-11-10-12(3-6-14(11)18)2-4-13-5-7-15-19-8-9-20(15)16(13)17(21)22;1-22-14-4-2-3-12(11-14)5-6-13-7-8-15-18-9-10-19(15)16(13)17(20)21/h1-4,6-7,9-13H,5,8H2,(H,23,24);1-5,8-13H,6-7H2,(H,24,25);2,4-11H,1,3H2,(H,21,22);2-4,7-10H,5-6H2,1H3,(H,21,22);3,5-10H,2,4H2,1H3,(H,21,22);2-4,7-11H,5-6H2,1H3,(H,20,21). The van der Waals surface area contributed by atoms with Crippen LogP contribution in [0.3, 0.4) is 0 Å². The number of aryl methyl sites for hydroxylation is 14. The maximum absolute atomic E-state index is 13.3. The molecule has 6 aromatic carbocycles. The van der Waals surface area contributed by atoms with Crippen molar-refractivity contribution in [2.75, 3.05) is 7.11 Å². The molecule has 0 radical (unpaired) electrons. The third-order valence-electron chi connectivity index (χ3n) is 23.8. The SMILES string of the molecule is COc1cccc(CCc2ccc3nccn3c2C(=O)O)c1.Cc1cc(CCc2ccc3nccn3c2C(=O)O)ccc1F.Cc1cccc(CCc2ccc3nccn3c2C(=O)O)c1Cl.O=C(O)c1c(CCc2ccc(-c3cccs3)cc2)ccc2nccn12.O=C(O)c1c(CCc2ccc3sccc3c2)ccc2nccn12.O=C(O)c1c(CCc2ccccc2-n2cccn2)ccc2nccn12. The summed E-state index contributed by atoms with van der Waals surface area (Å²) >= 11 is 9.76. The predicted molar refractivity (Wildman–Crippen MR) is 533 cm³/mol. The van der Waals surface area contributed by atoms with Gasteiger partial charge in [-0.05, 0) is 275 Å². The van der Waals surface area contributed by atoms with Crippen LogP contribution in [0.1, 0.15) is 141 Å². The van der Waals surface area contributed by atoms with Crippen LogP contribution in [-0.2, 0) is 77.0 Å². The normalized spacial score (nSPS) is 11.0. The van der Waals surface area contributed by atoms with Crippen LogP contribution in [0.15, 0.2) is 322 Å². The number of pyridine rings is 6. The molecule has 0 atom stereocenters. The number of ether oxygens (including phenoxy) is 1. The lowest BCUT2D eigenvalue weighted by atomic mass is 10.0. The molecular formula is C108H92ClFN14O13S2. The molecule has 15 aromatic heterocycles. The van der Waals surface area contributed by atoms with Crippen molar-refractivity contribution in [2.45, 2.75) is 90.9 Å². The van der Waals surface area contributed by atoms with Crippen LogP contribution in [0.25, 0.3) is 60.1 Å². The number of methoxy groups -OCH3 is 1. The molecule has 698 valence electrons. The lowest BCUT2D eigenvalue weighted by Crippen LogP contribution is -2.10. The second-order valence-electron chi connectivity index (χ2n) is 32.5. The van der Waals surface area contributed by atoms with Gasteiger partial charge in [-0.25, -0.2) is 67.7 Å². The molecule has 0 aliphatic carbocycles. The number of hydrogen-bond donors (Lipinski definition) is 6. The Hall–Kier alpha value is -16.8. The van der Waals surface area contributed by atoms with Gasteiger partial charge in [0.05, 0.1) is 12.8 Å². The third-order valence-corrected chi connectivity index (χ3v) is 26.2. The number of carboxylic acids is 6. The van der Waals surface area contributed by atoms with Gasteiger partial charge in [0.25, 0.3) is 0 Å². The highest BCUT2D eigenvalue weighted by molar-refractivity contribution is 7.17. The van der Waals surface area contributed by atoms with Crippen LogP contribution in [0.2, 0.25) is 5.02 Å². The molecule has 0 fully saturated rings. The lowest BCUT2D eigenvalue weighted by molar-refractivity contribution is 0.0676. The number of imidazole rings is 6. The number of thiophene rings is 2. The number of rotatable bonds is 27. The summed E-state index contributed by atoms with van der Waals surface area (Å²) in [7, 11) is 1.63. The van der Waals surface area contributed by atoms with E-state index in [0.717, 1.165) is 103 Å². The van der Waals surface area contributed by atoms with Crippen LogP contribution in [0, 0.1) is 19.7 Å². The van der Waals surface area contributed by atoms with Crippen molar-refractivity contribution >= 4 is 114 Å². The van der Waals surface area contributed by atoms with Gasteiger partial charge in [0.15, 0.2) is 0 Å². The molecule has 0 aliphatic heterocycles. The van der Waals surface area contributed by atoms with Gasteiger partial charge in [0, 0.05) is 101 Å². The van der Waals surface area contributed by atoms with E-state index in [9.17, 15) is 63.8 Å². The summed E-state index contributed by atoms with van der Waals surface area (Å²) < 4.78 is 31.3. The van der Waals surface area contributed by atoms with Crippen molar-refractivity contribution in [3.05, 3.63) is 445 Å². The molecule has 0 saturated heterocycles. The van der Waals surface area contributed by atoms with Gasteiger partial charge in [-0.15, -0.1) is 22.7 Å². The molecule has 21 rings (SSSR count). The Morgan fingerprint density at radius 2 is 0.712 bits per heavy atom. The zero-order valence-corrected chi connectivity index (χ0v) is 77.8. The van der Waals surface area contributed by atoms with E-state index in [4.69, 9.17) is 16.3 Å². The molecule has 0 amide bonds. The van der Waals surface area contributed by atoms with E-state index >= 15 is 0 Å². The summed E-state index contributed by atoms with van der Waals surface area (Å²) in [6.45, 7) is 3.69. The quantitative estimate of drug-likeness (QED) is 0.0278. The highest BCUT2D eigenvalue weighted by Gasteiger charge is 2.23. The Morgan fingerprint density at radius 1 is 0.331 bits per heavy atom. The Morgan fingerprint density at radius 3 is 1.12 bits per heavy atom. The first kappa shape index (κ1) is 95.3. The van der Waals surface area contributed by atoms with Gasteiger partial charge in [-0.3, -0.25) is 26.4 Å². The maximum Gasteiger partial charge on any atom is 0.353 e. The molecule has 139 heavy (non-hydrogen) atoms. The average molecular weight is 1910 g/mol. The fourth-order valence-corrected chi connectivity index (χ4v) is 18.6. The lowest BCUT2D eigenvalue weighted by Gasteiger charge is -2.12. The Bertz CT molecular complexity index is 8020. The number of benzene rings is 6. The largest absolute Gasteiger partial charge is 0.497 e. The maximum atomic E-state index is 13.3. The van der Waals surface area contributed by atoms with Gasteiger partial charge in [0.1, 0.15) is 79.6 Å². The minimum atomic E-state index is -0.978. The zero-order chi connectivity index (χ0) is 97.2. The van der Waals surface area contributed by atoms with Crippen LogP contribution >= 0.6 is 34.3 Å². The Labute approximate surface area is 808 Å². The smallest absolute Gasteiger partial charge is 0.353 e. The molecule has 0 spiro atoms. The molecule has 0 bridgehead atoms. The fraction of sp³-hybridized carbons (Fsp3) is 0.139. The highest BCUT2D eigenvalue weighted by Crippen LogP contribution is 2.31. The molecule has 27 nitrogen and oxygen atoms in total. The number of aromatic carboxylic acids is 6. The molecule has 0 saturated carbocycles. The summed E-state index contributed by atoms with van der Waals surface area (Å²) in [5.74, 6) is -5.08. The highest BCUT2D eigenvalue weighted by atomic mass is 35.5. The van der Waals surface area contributed by atoms with Gasteiger partial charge >= 0.3 is 35.8 Å². The van der Waals surface area contributed by atoms with Crippen LogP contribution in [0.5, 0.6) is 5.75 Å². The monoisotopic (exact) mass is 1910 g/mol. The molecule has 0 aliphatic rings. The second kappa shape index (κ2) is 44.1. The summed E-state index contributed by atoms with van der Waals surface area (Å²) in [4.78, 5) is 95.8. The number of nitrogens with zero attached hydrogens (tertiary/aromatic N) is 14. The number of aromatic nitrogens is 14. The summed E-state index contributed by atoms with van der Waals surface area (Å²) in [6, 6.07) is 71.9. The predicted octanol–water partition coefficient (Wildman–Crippen LogP) is 21.5. The van der Waals surface area contributed by atoms with Crippen molar-refractivity contribution in [3.8, 4) is 21.9 Å². The average Bonchev–Trinajstić information content (AvgIpc) is 1.74. The molecule has 0 unspecified atom stereocenters. The van der Waals surface area contributed by atoms with Gasteiger partial charge in [0.2, 0.25) is 0 Å². The molecular weight excluding hydrogens is 1820 g/mol. The Kier molecular flexibility index (Phi) is 30.3. The number of carbonyl (C=O) groups is 6. The first-order valence-electron chi connectivity index (χ1n) is 44.4. The van der Waals surface area contributed by atoms with Crippen molar-refractivity contribution in [3.63, 3.8) is 0 Å². The van der Waals surface area contributed by atoms with Gasteiger partial charge in [-0.2, -0.15) is 5.10 Å². The summed E-state index contributed by atoms with van der Waals surface area (Å²) in [5, 5.41) is 67.6. The van der Waals surface area contributed by atoms with Crippen molar-refractivity contribution in [2.24, 2.45) is 0 Å². The molecule has 6 N–H and O–H groups in total. The van der Waals surface area contributed by atoms with E-state index < -0.39 is 35.8 Å². The minimum Gasteiger partial charge on any atom is -0.497 e. The number of hydrogen-bond acceptors (Lipinski definition) is 16. The minimum absolute atomic E-state index is 0.227. The molecule has 31 heteroatoms. The van der Waals surface area contributed by atoms with Crippen molar-refractivity contribution in [1.29, 1.82) is 0 Å². The number of halogens is 2. The first-order valence-corrected chi connectivity index (χ1v) is 46.5. The van der Waals surface area contributed by atoms with Gasteiger partial charge in [-0.1, -0.05) is 151 Å². The van der Waals surface area contributed by atoms with Crippen LogP contribution in [0.4, 0.5) is 4.39 Å². The zero-order valence-electron chi connectivity index (χ0n) is 75.5.